The van der Waals surface area contributed by atoms with Crippen molar-refractivity contribution in [3.63, 3.8) is 0 Å². The maximum atomic E-state index is 10.6. The predicted octanol–water partition coefficient (Wildman–Crippen LogP) is 4.73. The Bertz CT molecular complexity index is 638. The molecule has 20 heavy (non-hydrogen) atoms. The first kappa shape index (κ1) is 14.7. The van der Waals surface area contributed by atoms with Gasteiger partial charge in [-0.2, -0.15) is 0 Å². The summed E-state index contributed by atoms with van der Waals surface area (Å²) in [6.45, 7) is 0. The number of hydrogen-bond acceptors (Lipinski definition) is 2. The minimum absolute atomic E-state index is 0.717. The van der Waals surface area contributed by atoms with Crippen LogP contribution in [0.3, 0.4) is 0 Å². The van der Waals surface area contributed by atoms with Gasteiger partial charge in [-0.1, -0.05) is 41.9 Å². The van der Waals surface area contributed by atoms with Crippen molar-refractivity contribution in [2.45, 2.75) is 10.6 Å². The molecule has 0 bridgehead atoms. The lowest BCUT2D eigenvalue weighted by Gasteiger charge is -2.06. The van der Waals surface area contributed by atoms with E-state index in [0.29, 0.717) is 5.02 Å². The predicted molar refractivity (Wildman–Crippen MR) is 84.1 cm³/mol. The van der Waals surface area contributed by atoms with E-state index in [0.717, 1.165) is 27.9 Å². The summed E-state index contributed by atoms with van der Waals surface area (Å²) in [5.74, 6) is -0.178. The molecule has 0 aromatic heterocycles. The highest BCUT2D eigenvalue weighted by Gasteiger charge is 2.01. The monoisotopic (exact) mass is 304 g/mol. The summed E-state index contributed by atoms with van der Waals surface area (Å²) in [5.41, 5.74) is 2.01. The maximum absolute atomic E-state index is 10.6. The molecule has 0 unspecified atom stereocenters. The lowest BCUT2D eigenvalue weighted by Crippen LogP contribution is -1.89. The normalized spacial score (nSPS) is 10.8. The number of carbonyl (C=O) groups is 1. The summed E-state index contributed by atoms with van der Waals surface area (Å²) in [7, 11) is 0. The van der Waals surface area contributed by atoms with Crippen molar-refractivity contribution in [1.29, 1.82) is 0 Å². The molecular weight excluding hydrogens is 292 g/mol. The molecule has 2 rings (SSSR count). The molecule has 0 spiro atoms. The minimum Gasteiger partial charge on any atom is -0.478 e. The molecule has 2 aromatic rings. The van der Waals surface area contributed by atoms with Gasteiger partial charge in [0.25, 0.3) is 0 Å². The van der Waals surface area contributed by atoms with Crippen molar-refractivity contribution in [3.8, 4) is 0 Å². The molecule has 0 atom stereocenters. The molecule has 0 aliphatic rings. The molecule has 1 N–H and O–H groups in total. The minimum atomic E-state index is -0.942. The van der Waals surface area contributed by atoms with Gasteiger partial charge in [-0.25, -0.2) is 4.79 Å². The third-order valence-corrected chi connectivity index (χ3v) is 3.93. The molecular formula is C16H13ClO2S. The van der Waals surface area contributed by atoms with E-state index in [1.807, 2.05) is 48.5 Å². The summed E-state index contributed by atoms with van der Waals surface area (Å²) in [6.07, 6.45) is 2.78. The van der Waals surface area contributed by atoms with Crippen molar-refractivity contribution >= 4 is 35.4 Å². The first-order valence-corrected chi connectivity index (χ1v) is 7.39. The Morgan fingerprint density at radius 3 is 2.75 bits per heavy atom. The zero-order valence-corrected chi connectivity index (χ0v) is 12.2. The summed E-state index contributed by atoms with van der Waals surface area (Å²) in [4.78, 5) is 11.7. The Morgan fingerprint density at radius 1 is 1.20 bits per heavy atom. The average molecular weight is 305 g/mol. The molecule has 0 amide bonds. The SMILES string of the molecule is O=C(O)C=Cc1ccccc1CSc1cccc(Cl)c1. The average Bonchev–Trinajstić information content (AvgIpc) is 2.44. The van der Waals surface area contributed by atoms with Crippen LogP contribution in [-0.2, 0) is 10.5 Å². The Balaban J connectivity index is 2.11. The first-order valence-electron chi connectivity index (χ1n) is 6.02. The lowest BCUT2D eigenvalue weighted by atomic mass is 10.1. The molecule has 102 valence electrons. The van der Waals surface area contributed by atoms with Crippen LogP contribution in [0.2, 0.25) is 5.02 Å². The molecule has 0 heterocycles. The summed E-state index contributed by atoms with van der Waals surface area (Å²) >= 11 is 7.62. The lowest BCUT2D eigenvalue weighted by molar-refractivity contribution is -0.131. The van der Waals surface area contributed by atoms with Gasteiger partial charge in [0.1, 0.15) is 0 Å². The molecule has 2 aromatic carbocycles. The van der Waals surface area contributed by atoms with Gasteiger partial charge in [0.2, 0.25) is 0 Å². The van der Waals surface area contributed by atoms with Crippen LogP contribution in [0.5, 0.6) is 0 Å². The maximum Gasteiger partial charge on any atom is 0.328 e. The van der Waals surface area contributed by atoms with Crippen LogP contribution in [0.15, 0.2) is 59.5 Å². The molecule has 0 aliphatic carbocycles. The van der Waals surface area contributed by atoms with Gasteiger partial charge in [0.05, 0.1) is 0 Å². The molecule has 0 aliphatic heterocycles. The van der Waals surface area contributed by atoms with Crippen molar-refractivity contribution in [1.82, 2.24) is 0 Å². The van der Waals surface area contributed by atoms with Crippen molar-refractivity contribution < 1.29 is 9.90 Å². The van der Waals surface area contributed by atoms with Gasteiger partial charge in [-0.15, -0.1) is 11.8 Å². The van der Waals surface area contributed by atoms with E-state index >= 15 is 0 Å². The van der Waals surface area contributed by atoms with E-state index in [-0.39, 0.29) is 0 Å². The fourth-order valence-corrected chi connectivity index (χ4v) is 2.93. The number of rotatable bonds is 5. The molecule has 0 fully saturated rings. The second-order valence-corrected chi connectivity index (χ2v) is 5.60. The van der Waals surface area contributed by atoms with E-state index in [9.17, 15) is 4.79 Å². The number of carboxylic acids is 1. The molecule has 0 radical (unpaired) electrons. The quantitative estimate of drug-likeness (QED) is 0.641. The van der Waals surface area contributed by atoms with E-state index in [1.54, 1.807) is 17.8 Å². The van der Waals surface area contributed by atoms with Crippen molar-refractivity contribution in [3.05, 3.63) is 70.8 Å². The topological polar surface area (TPSA) is 37.3 Å². The largest absolute Gasteiger partial charge is 0.478 e. The van der Waals surface area contributed by atoms with E-state index in [1.165, 1.54) is 0 Å². The second-order valence-electron chi connectivity index (χ2n) is 4.12. The number of halogens is 1. The van der Waals surface area contributed by atoms with Gasteiger partial charge in [-0.3, -0.25) is 0 Å². The fourth-order valence-electron chi connectivity index (χ4n) is 1.71. The Kier molecular flexibility index (Phi) is 5.27. The summed E-state index contributed by atoms with van der Waals surface area (Å²) in [5, 5.41) is 9.41. The van der Waals surface area contributed by atoms with E-state index in [2.05, 4.69) is 0 Å². The number of carboxylic acid groups (broad SMARTS) is 1. The number of hydrogen-bond donors (Lipinski definition) is 1. The summed E-state index contributed by atoms with van der Waals surface area (Å²) < 4.78 is 0. The van der Waals surface area contributed by atoms with Crippen molar-refractivity contribution in [2.75, 3.05) is 0 Å². The standard InChI is InChI=1S/C16H13ClO2S/c17-14-6-3-7-15(10-14)20-11-13-5-2-1-4-12(13)8-9-16(18)19/h1-10H,11H2,(H,18,19). The molecule has 2 nitrogen and oxygen atoms in total. The van der Waals surface area contributed by atoms with Gasteiger partial charge in [-0.05, 0) is 35.4 Å². The number of thioether (sulfide) groups is 1. The van der Waals surface area contributed by atoms with Crippen molar-refractivity contribution in [2.24, 2.45) is 0 Å². The third-order valence-electron chi connectivity index (χ3n) is 2.65. The van der Waals surface area contributed by atoms with Crippen LogP contribution in [-0.4, -0.2) is 11.1 Å². The molecule has 4 heteroatoms. The molecule has 0 saturated carbocycles. The van der Waals surface area contributed by atoms with Gasteiger partial charge < -0.3 is 5.11 Å². The van der Waals surface area contributed by atoms with Crippen LogP contribution in [0, 0.1) is 0 Å². The van der Waals surface area contributed by atoms with Crippen LogP contribution in [0.4, 0.5) is 0 Å². The van der Waals surface area contributed by atoms with Crippen LogP contribution in [0.1, 0.15) is 11.1 Å². The van der Waals surface area contributed by atoms with Crippen LogP contribution < -0.4 is 0 Å². The summed E-state index contributed by atoms with van der Waals surface area (Å²) in [6, 6.07) is 15.4. The van der Waals surface area contributed by atoms with Gasteiger partial charge in [0, 0.05) is 21.7 Å². The second kappa shape index (κ2) is 7.17. The molecule has 0 saturated heterocycles. The van der Waals surface area contributed by atoms with Crippen LogP contribution in [0.25, 0.3) is 6.08 Å². The van der Waals surface area contributed by atoms with E-state index in [4.69, 9.17) is 16.7 Å². The third kappa shape index (κ3) is 4.44. The number of aliphatic carboxylic acids is 1. The first-order chi connectivity index (χ1) is 9.65. The Labute approximate surface area is 127 Å². The zero-order valence-electron chi connectivity index (χ0n) is 10.6. The zero-order chi connectivity index (χ0) is 14.4. The Morgan fingerprint density at radius 2 is 2.00 bits per heavy atom. The fraction of sp³-hybridized carbons (Fsp3) is 0.0625. The number of benzene rings is 2. The highest BCUT2D eigenvalue weighted by molar-refractivity contribution is 7.98. The smallest absolute Gasteiger partial charge is 0.328 e. The highest BCUT2D eigenvalue weighted by Crippen LogP contribution is 2.26. The van der Waals surface area contributed by atoms with Crippen LogP contribution >= 0.6 is 23.4 Å². The highest BCUT2D eigenvalue weighted by atomic mass is 35.5. The van der Waals surface area contributed by atoms with Gasteiger partial charge >= 0.3 is 5.97 Å². The van der Waals surface area contributed by atoms with Gasteiger partial charge in [0.15, 0.2) is 0 Å². The van der Waals surface area contributed by atoms with E-state index < -0.39 is 5.97 Å². The Hall–Kier alpha value is -1.71.